The van der Waals surface area contributed by atoms with Crippen LogP contribution in [0.4, 0.5) is 0 Å². The van der Waals surface area contributed by atoms with Crippen LogP contribution < -0.4 is 0 Å². The quantitative estimate of drug-likeness (QED) is 0.211. The largest absolute Gasteiger partial charge is 0.236 e. The number of aromatic nitrogens is 2. The summed E-state index contributed by atoms with van der Waals surface area (Å²) in [4.78, 5) is 9.51. The Labute approximate surface area is 246 Å². The van der Waals surface area contributed by atoms with Crippen LogP contribution in [0.5, 0.6) is 0 Å². The van der Waals surface area contributed by atoms with Gasteiger partial charge in [-0.3, -0.25) is 0 Å². The Hall–Kier alpha value is -5.60. The molecule has 0 unspecified atom stereocenters. The van der Waals surface area contributed by atoms with Crippen LogP contribution in [-0.2, 0) is 0 Å². The van der Waals surface area contributed by atoms with E-state index in [9.17, 15) is 0 Å². The average Bonchev–Trinajstić information content (AvgIpc) is 3.09. The maximum atomic E-state index is 4.75. The van der Waals surface area contributed by atoms with Gasteiger partial charge in [-0.25, -0.2) is 9.97 Å². The molecule has 0 bridgehead atoms. The molecule has 0 aliphatic heterocycles. The molecule has 0 amide bonds. The molecule has 7 aromatic rings. The van der Waals surface area contributed by atoms with Crippen molar-refractivity contribution < 1.29 is 0 Å². The highest BCUT2D eigenvalue weighted by Gasteiger charge is 2.12. The molecule has 6 aromatic carbocycles. The lowest BCUT2D eigenvalue weighted by molar-refractivity contribution is 1.18. The Morgan fingerprint density at radius 2 is 0.500 bits per heavy atom. The van der Waals surface area contributed by atoms with Gasteiger partial charge >= 0.3 is 0 Å². The second-order valence-electron chi connectivity index (χ2n) is 10.4. The van der Waals surface area contributed by atoms with Crippen LogP contribution in [0.3, 0.4) is 0 Å². The van der Waals surface area contributed by atoms with Crippen LogP contribution in [0, 0.1) is 0 Å². The van der Waals surface area contributed by atoms with E-state index in [1.165, 1.54) is 22.3 Å². The first-order chi connectivity index (χ1) is 20.8. The zero-order valence-corrected chi connectivity index (χ0v) is 23.1. The van der Waals surface area contributed by atoms with E-state index in [-0.39, 0.29) is 0 Å². The standard InChI is InChI=1S/C40H28N2/c1-5-13-29(14-6-1)33-21-34(30-15-7-2-8-16-30)24-37(23-33)39-27-40(42-28-41-39)38-25-35(31-17-9-3-10-18-31)22-36(26-38)32-19-11-4-12-20-32/h1-28H. The topological polar surface area (TPSA) is 25.8 Å². The predicted octanol–water partition coefficient (Wildman–Crippen LogP) is 10.5. The minimum atomic E-state index is 0.890. The van der Waals surface area contributed by atoms with Crippen molar-refractivity contribution in [3.63, 3.8) is 0 Å². The highest BCUT2D eigenvalue weighted by atomic mass is 14.8. The van der Waals surface area contributed by atoms with Crippen LogP contribution >= 0.6 is 0 Å². The van der Waals surface area contributed by atoms with Crippen molar-refractivity contribution in [1.29, 1.82) is 0 Å². The van der Waals surface area contributed by atoms with E-state index in [1.807, 2.05) is 0 Å². The minimum Gasteiger partial charge on any atom is -0.236 e. The molecular weight excluding hydrogens is 508 g/mol. The van der Waals surface area contributed by atoms with E-state index in [1.54, 1.807) is 6.33 Å². The third-order valence-electron chi connectivity index (χ3n) is 7.55. The molecule has 0 spiro atoms. The Morgan fingerprint density at radius 3 is 0.786 bits per heavy atom. The summed E-state index contributed by atoms with van der Waals surface area (Å²) in [5.41, 5.74) is 13.2. The number of hydrogen-bond acceptors (Lipinski definition) is 2. The molecule has 2 nitrogen and oxygen atoms in total. The van der Waals surface area contributed by atoms with E-state index in [4.69, 9.17) is 9.97 Å². The molecular formula is C40H28N2. The summed E-state index contributed by atoms with van der Waals surface area (Å²) in [6, 6.07) is 57.6. The molecule has 0 saturated heterocycles. The lowest BCUT2D eigenvalue weighted by atomic mass is 9.93. The molecule has 1 heterocycles. The monoisotopic (exact) mass is 536 g/mol. The molecule has 0 saturated carbocycles. The smallest absolute Gasteiger partial charge is 0.116 e. The zero-order valence-electron chi connectivity index (χ0n) is 23.1. The minimum absolute atomic E-state index is 0.890. The number of benzene rings is 6. The van der Waals surface area contributed by atoms with Gasteiger partial charge in [-0.1, -0.05) is 121 Å². The summed E-state index contributed by atoms with van der Waals surface area (Å²) in [5.74, 6) is 0. The molecule has 0 radical (unpaired) electrons. The normalized spacial score (nSPS) is 10.9. The summed E-state index contributed by atoms with van der Waals surface area (Å²) in [5, 5.41) is 0. The Bertz CT molecular complexity index is 1690. The highest BCUT2D eigenvalue weighted by Crippen LogP contribution is 2.35. The first-order valence-corrected chi connectivity index (χ1v) is 14.1. The molecule has 0 fully saturated rings. The molecule has 0 N–H and O–H groups in total. The molecule has 0 atom stereocenters. The van der Waals surface area contributed by atoms with Gasteiger partial charge in [0.1, 0.15) is 6.33 Å². The molecule has 1 aromatic heterocycles. The lowest BCUT2D eigenvalue weighted by Gasteiger charge is -2.13. The van der Waals surface area contributed by atoms with Gasteiger partial charge in [-0.2, -0.15) is 0 Å². The van der Waals surface area contributed by atoms with Crippen molar-refractivity contribution >= 4 is 0 Å². The van der Waals surface area contributed by atoms with Crippen LogP contribution in [0.2, 0.25) is 0 Å². The Balaban J connectivity index is 1.37. The van der Waals surface area contributed by atoms with E-state index < -0.39 is 0 Å². The first kappa shape index (κ1) is 25.4. The Morgan fingerprint density at radius 1 is 0.238 bits per heavy atom. The van der Waals surface area contributed by atoms with Crippen LogP contribution in [-0.4, -0.2) is 9.97 Å². The van der Waals surface area contributed by atoms with Gasteiger partial charge in [0.15, 0.2) is 0 Å². The summed E-state index contributed by atoms with van der Waals surface area (Å²) in [6.07, 6.45) is 1.68. The maximum absolute atomic E-state index is 4.75. The van der Waals surface area contributed by atoms with Crippen molar-refractivity contribution in [2.24, 2.45) is 0 Å². The van der Waals surface area contributed by atoms with Crippen molar-refractivity contribution in [3.8, 4) is 67.0 Å². The summed E-state index contributed by atoms with van der Waals surface area (Å²) >= 11 is 0. The lowest BCUT2D eigenvalue weighted by Crippen LogP contribution is -1.92. The van der Waals surface area contributed by atoms with Crippen molar-refractivity contribution in [1.82, 2.24) is 9.97 Å². The number of rotatable bonds is 6. The molecule has 7 rings (SSSR count). The summed E-state index contributed by atoms with van der Waals surface area (Å²) < 4.78 is 0. The average molecular weight is 537 g/mol. The fourth-order valence-corrected chi connectivity index (χ4v) is 5.41. The SMILES string of the molecule is c1ccc(-c2cc(-c3ccccc3)cc(-c3cc(-c4cc(-c5ccccc5)cc(-c5ccccc5)c4)ncn3)c2)cc1. The second-order valence-corrected chi connectivity index (χ2v) is 10.4. The summed E-state index contributed by atoms with van der Waals surface area (Å²) in [7, 11) is 0. The van der Waals surface area contributed by atoms with E-state index in [0.717, 1.165) is 44.8 Å². The molecule has 0 aliphatic carbocycles. The predicted molar refractivity (Wildman–Crippen MR) is 175 cm³/mol. The highest BCUT2D eigenvalue weighted by molar-refractivity contribution is 5.83. The van der Waals surface area contributed by atoms with Crippen LogP contribution in [0.1, 0.15) is 0 Å². The van der Waals surface area contributed by atoms with E-state index in [2.05, 4.69) is 164 Å². The Kier molecular flexibility index (Phi) is 6.94. The molecule has 2 heteroatoms. The fraction of sp³-hybridized carbons (Fsp3) is 0. The van der Waals surface area contributed by atoms with Crippen molar-refractivity contribution in [2.75, 3.05) is 0 Å². The van der Waals surface area contributed by atoms with Gasteiger partial charge in [0.05, 0.1) is 11.4 Å². The first-order valence-electron chi connectivity index (χ1n) is 14.1. The van der Waals surface area contributed by atoms with Gasteiger partial charge < -0.3 is 0 Å². The van der Waals surface area contributed by atoms with Crippen LogP contribution in [0.15, 0.2) is 170 Å². The van der Waals surface area contributed by atoms with Gasteiger partial charge in [0.2, 0.25) is 0 Å². The van der Waals surface area contributed by atoms with Gasteiger partial charge in [-0.15, -0.1) is 0 Å². The van der Waals surface area contributed by atoms with Gasteiger partial charge in [-0.05, 0) is 87.0 Å². The third-order valence-corrected chi connectivity index (χ3v) is 7.55. The van der Waals surface area contributed by atoms with Crippen molar-refractivity contribution in [3.05, 3.63) is 170 Å². The molecule has 0 aliphatic rings. The number of nitrogens with zero attached hydrogens (tertiary/aromatic N) is 2. The number of hydrogen-bond donors (Lipinski definition) is 0. The maximum Gasteiger partial charge on any atom is 0.116 e. The fourth-order valence-electron chi connectivity index (χ4n) is 5.41. The van der Waals surface area contributed by atoms with Crippen LogP contribution in [0.25, 0.3) is 67.0 Å². The van der Waals surface area contributed by atoms with Crippen molar-refractivity contribution in [2.45, 2.75) is 0 Å². The van der Waals surface area contributed by atoms with E-state index >= 15 is 0 Å². The third kappa shape index (κ3) is 5.39. The molecule has 42 heavy (non-hydrogen) atoms. The van der Waals surface area contributed by atoms with E-state index in [0.29, 0.717) is 0 Å². The zero-order chi connectivity index (χ0) is 28.1. The summed E-state index contributed by atoms with van der Waals surface area (Å²) in [6.45, 7) is 0. The second kappa shape index (κ2) is 11.5. The van der Waals surface area contributed by atoms with Gasteiger partial charge in [0.25, 0.3) is 0 Å². The molecule has 198 valence electrons. The van der Waals surface area contributed by atoms with Gasteiger partial charge in [0, 0.05) is 11.1 Å².